The number of aromatic amines is 1. The van der Waals surface area contributed by atoms with Crippen LogP contribution in [0.4, 0.5) is 5.95 Å². The third kappa shape index (κ3) is 2.47. The van der Waals surface area contributed by atoms with Crippen LogP contribution in [0, 0.1) is 0 Å². The van der Waals surface area contributed by atoms with E-state index < -0.39 is 24.0 Å². The minimum Gasteiger partial charge on any atom is -0.385 e. The Kier molecular flexibility index (Phi) is 3.76. The van der Waals surface area contributed by atoms with Crippen LogP contribution in [0.15, 0.2) is 27.1 Å². The molecule has 1 saturated heterocycles. The van der Waals surface area contributed by atoms with Gasteiger partial charge in [0.05, 0.1) is 6.10 Å². The first kappa shape index (κ1) is 15.5. The fourth-order valence-corrected chi connectivity index (χ4v) is 4.53. The summed E-state index contributed by atoms with van der Waals surface area (Å²) in [5.74, 6) is -0.0489. The van der Waals surface area contributed by atoms with Gasteiger partial charge in [-0.05, 0) is 24.3 Å². The summed E-state index contributed by atoms with van der Waals surface area (Å²) in [4.78, 5) is 31.2. The Bertz CT molecular complexity index is 991. The molecule has 0 spiro atoms. The van der Waals surface area contributed by atoms with Gasteiger partial charge < -0.3 is 15.6 Å². The second-order valence-electron chi connectivity index (χ2n) is 5.51. The van der Waals surface area contributed by atoms with Gasteiger partial charge in [0.25, 0.3) is 5.56 Å². The predicted molar refractivity (Wildman–Crippen MR) is 91.3 cm³/mol. The monoisotopic (exact) mass is 366 g/mol. The maximum Gasteiger partial charge on any atom is 0.311 e. The van der Waals surface area contributed by atoms with E-state index in [1.807, 2.05) is 17.5 Å². The van der Waals surface area contributed by atoms with Crippen molar-refractivity contribution in [2.75, 3.05) is 5.73 Å². The molecule has 0 aromatic carbocycles. The van der Waals surface area contributed by atoms with Gasteiger partial charge in [0.1, 0.15) is 17.0 Å². The predicted octanol–water partition coefficient (Wildman–Crippen LogP) is 1.20. The van der Waals surface area contributed by atoms with E-state index in [1.54, 1.807) is 0 Å². The number of anilines is 1. The number of hydrogen-bond donors (Lipinski definition) is 3. The number of aromatic nitrogens is 3. The van der Waals surface area contributed by atoms with Gasteiger partial charge in [0.15, 0.2) is 5.65 Å². The topological polar surface area (TPSA) is 123 Å². The van der Waals surface area contributed by atoms with Crippen molar-refractivity contribution < 1.29 is 9.84 Å². The van der Waals surface area contributed by atoms with Crippen LogP contribution in [0.5, 0.6) is 0 Å². The molecule has 8 nitrogen and oxygen atoms in total. The van der Waals surface area contributed by atoms with Gasteiger partial charge in [-0.25, -0.2) is 0 Å². The molecule has 1 aliphatic heterocycles. The van der Waals surface area contributed by atoms with Gasteiger partial charge in [-0.3, -0.25) is 19.1 Å². The smallest absolute Gasteiger partial charge is 0.311 e. The average Bonchev–Trinajstić information content (AvgIpc) is 3.25. The lowest BCUT2D eigenvalue weighted by atomic mass is 10.1. The van der Waals surface area contributed by atoms with Crippen molar-refractivity contribution in [2.45, 2.75) is 31.3 Å². The third-order valence-electron chi connectivity index (χ3n) is 4.00. The Morgan fingerprint density at radius 1 is 1.46 bits per heavy atom. The first-order valence-electron chi connectivity index (χ1n) is 7.32. The molecule has 24 heavy (non-hydrogen) atoms. The highest BCUT2D eigenvalue weighted by Gasteiger charge is 2.35. The quantitative estimate of drug-likeness (QED) is 0.640. The summed E-state index contributed by atoms with van der Waals surface area (Å²) < 4.78 is 7.47. The van der Waals surface area contributed by atoms with Crippen molar-refractivity contribution in [2.24, 2.45) is 0 Å². The SMILES string of the molecule is Nc1nc2c(sc(=O)n2C2CCC(C(O)c3cccs3)O2)c(=O)[nH]1. The van der Waals surface area contributed by atoms with E-state index in [4.69, 9.17) is 10.5 Å². The second kappa shape index (κ2) is 5.81. The summed E-state index contributed by atoms with van der Waals surface area (Å²) >= 11 is 2.27. The molecular formula is C14H14N4O4S2. The van der Waals surface area contributed by atoms with Gasteiger partial charge in [-0.15, -0.1) is 11.3 Å². The molecule has 4 heterocycles. The molecule has 3 aromatic rings. The zero-order valence-corrected chi connectivity index (χ0v) is 14.0. The van der Waals surface area contributed by atoms with Crippen molar-refractivity contribution in [3.8, 4) is 0 Å². The Morgan fingerprint density at radius 2 is 2.29 bits per heavy atom. The fraction of sp³-hybridized carbons (Fsp3) is 0.357. The largest absolute Gasteiger partial charge is 0.385 e. The zero-order chi connectivity index (χ0) is 16.8. The van der Waals surface area contributed by atoms with Crippen molar-refractivity contribution in [1.82, 2.24) is 14.5 Å². The van der Waals surface area contributed by atoms with Crippen LogP contribution >= 0.6 is 22.7 Å². The lowest BCUT2D eigenvalue weighted by molar-refractivity contribution is -0.0586. The molecule has 4 rings (SSSR count). The highest BCUT2D eigenvalue weighted by molar-refractivity contribution is 7.16. The number of fused-ring (bicyclic) bond motifs is 1. The maximum absolute atomic E-state index is 12.3. The average molecular weight is 366 g/mol. The van der Waals surface area contributed by atoms with Crippen LogP contribution in [-0.2, 0) is 4.74 Å². The molecule has 3 atom stereocenters. The lowest BCUT2D eigenvalue weighted by Crippen LogP contribution is -2.23. The van der Waals surface area contributed by atoms with Crippen LogP contribution in [0.25, 0.3) is 10.3 Å². The van der Waals surface area contributed by atoms with E-state index in [0.717, 1.165) is 16.2 Å². The van der Waals surface area contributed by atoms with Crippen LogP contribution in [-0.4, -0.2) is 25.7 Å². The number of nitrogens with zero attached hydrogens (tertiary/aromatic N) is 2. The molecule has 4 N–H and O–H groups in total. The fourth-order valence-electron chi connectivity index (χ4n) is 2.91. The number of nitrogens with one attached hydrogen (secondary N) is 1. The molecule has 126 valence electrons. The minimum atomic E-state index is -0.739. The van der Waals surface area contributed by atoms with Crippen LogP contribution in [0.2, 0.25) is 0 Å². The lowest BCUT2D eigenvalue weighted by Gasteiger charge is -2.18. The molecule has 0 aliphatic carbocycles. The molecule has 3 aromatic heterocycles. The van der Waals surface area contributed by atoms with E-state index in [0.29, 0.717) is 12.8 Å². The molecule has 3 unspecified atom stereocenters. The van der Waals surface area contributed by atoms with Crippen LogP contribution in [0.1, 0.15) is 30.1 Å². The normalized spacial score (nSPS) is 22.2. The molecule has 1 aliphatic rings. The van der Waals surface area contributed by atoms with Crippen LogP contribution in [0.3, 0.4) is 0 Å². The van der Waals surface area contributed by atoms with E-state index >= 15 is 0 Å². The molecule has 0 amide bonds. The number of rotatable bonds is 3. The first-order valence-corrected chi connectivity index (χ1v) is 9.02. The minimum absolute atomic E-state index is 0.0489. The Morgan fingerprint density at radius 3 is 3.04 bits per heavy atom. The first-order chi connectivity index (χ1) is 11.5. The molecule has 10 heteroatoms. The van der Waals surface area contributed by atoms with Crippen molar-refractivity contribution in [3.63, 3.8) is 0 Å². The maximum atomic E-state index is 12.3. The summed E-state index contributed by atoms with van der Waals surface area (Å²) in [7, 11) is 0. The van der Waals surface area contributed by atoms with Crippen molar-refractivity contribution >= 4 is 39.0 Å². The summed E-state index contributed by atoms with van der Waals surface area (Å²) in [5, 5.41) is 12.3. The highest BCUT2D eigenvalue weighted by atomic mass is 32.1. The second-order valence-corrected chi connectivity index (χ2v) is 7.45. The summed E-state index contributed by atoms with van der Waals surface area (Å²) in [6, 6.07) is 3.71. The number of hydrogen-bond acceptors (Lipinski definition) is 8. The van der Waals surface area contributed by atoms with Gasteiger partial charge in [0.2, 0.25) is 5.95 Å². The number of H-pyrrole nitrogens is 1. The molecule has 1 fully saturated rings. The summed E-state index contributed by atoms with van der Waals surface area (Å²) in [6.45, 7) is 0. The van der Waals surface area contributed by atoms with Gasteiger partial charge in [0, 0.05) is 4.88 Å². The van der Waals surface area contributed by atoms with E-state index in [9.17, 15) is 14.7 Å². The van der Waals surface area contributed by atoms with Crippen LogP contribution < -0.4 is 16.2 Å². The van der Waals surface area contributed by atoms with Gasteiger partial charge in [-0.1, -0.05) is 17.4 Å². The number of aliphatic hydroxyl groups is 1. The number of nitrogen functional groups attached to an aromatic ring is 1. The molecular weight excluding hydrogens is 352 g/mol. The number of ether oxygens (including phenoxy) is 1. The highest BCUT2D eigenvalue weighted by Crippen LogP contribution is 2.37. The standard InChI is InChI=1S/C14H14N4O4S2/c15-13-16-11-10(12(20)17-13)24-14(21)18(11)8-4-3-6(22-8)9(19)7-2-1-5-23-7/h1-2,5-6,8-9,19H,3-4H2,(H3,15,16,17,20). The Balaban J connectivity index is 1.68. The number of nitrogens with two attached hydrogens (primary N) is 1. The van der Waals surface area contributed by atoms with Crippen molar-refractivity contribution in [3.05, 3.63) is 42.4 Å². The zero-order valence-electron chi connectivity index (χ0n) is 12.3. The number of aliphatic hydroxyl groups excluding tert-OH is 1. The third-order valence-corrected chi connectivity index (χ3v) is 5.88. The molecule has 0 radical (unpaired) electrons. The summed E-state index contributed by atoms with van der Waals surface area (Å²) in [6.07, 6.45) is -0.564. The summed E-state index contributed by atoms with van der Waals surface area (Å²) in [5.41, 5.74) is 5.37. The Labute approximate surface area is 143 Å². The number of thiazole rings is 1. The Hall–Kier alpha value is -2.01. The molecule has 0 saturated carbocycles. The molecule has 0 bridgehead atoms. The van der Waals surface area contributed by atoms with Gasteiger partial charge >= 0.3 is 4.87 Å². The van der Waals surface area contributed by atoms with Gasteiger partial charge in [-0.2, -0.15) is 4.98 Å². The number of thiophene rings is 1. The van der Waals surface area contributed by atoms with E-state index in [1.165, 1.54) is 15.9 Å². The van der Waals surface area contributed by atoms with E-state index in [-0.39, 0.29) is 21.2 Å². The van der Waals surface area contributed by atoms with E-state index in [2.05, 4.69) is 9.97 Å². The van der Waals surface area contributed by atoms with Crippen molar-refractivity contribution in [1.29, 1.82) is 0 Å².